The van der Waals surface area contributed by atoms with Gasteiger partial charge in [-0.1, -0.05) is 26.5 Å². The zero-order valence-electron chi connectivity index (χ0n) is 28.4. The van der Waals surface area contributed by atoms with Crippen LogP contribution in [-0.2, 0) is 20.8 Å². The van der Waals surface area contributed by atoms with E-state index in [9.17, 15) is 34.5 Å². The highest BCUT2D eigenvalue weighted by atomic mass is 16.4. The van der Waals surface area contributed by atoms with E-state index in [4.69, 9.17) is 9.97 Å². The first-order valence-corrected chi connectivity index (χ1v) is 16.2. The lowest BCUT2D eigenvalue weighted by atomic mass is 9.84. The minimum atomic E-state index is -1.32. The van der Waals surface area contributed by atoms with E-state index in [1.165, 1.54) is 6.92 Å². The number of carbonyl (C=O) groups excluding carboxylic acids is 1. The maximum atomic E-state index is 13.0. The summed E-state index contributed by atoms with van der Waals surface area (Å²) < 4.78 is 0. The molecule has 12 heteroatoms. The zero-order valence-corrected chi connectivity index (χ0v) is 28.4. The Morgan fingerprint density at radius 3 is 2.29 bits per heavy atom. The van der Waals surface area contributed by atoms with Crippen LogP contribution >= 0.6 is 0 Å². The number of aryl methyl sites for hydroxylation is 3. The molecule has 0 radical (unpaired) electrons. The standard InChI is InChI=1S/C37H41N5O7/c1-8-21-16(3)24-12-26-18(5)23(10-11-31(44)45)34(41-26)33(30(15-43)38-20(7)36(46)47)35-32(37(48)49)19(6)27(42-35)14-29-22(9-2)17(4)25(40-29)13-28(21)39-24/h8,12-15,18,20,23,30,38,40,42H,1,9-11H2,2-7H3,(H,44,45)(H,46,47)(H,48,49)/t18-,20-,23-,30?/m0/s1. The molecule has 3 aromatic rings. The summed E-state index contributed by atoms with van der Waals surface area (Å²) in [5, 5.41) is 32.9. The fraction of sp³-hybridized carbons (Fsp3) is 0.351. The van der Waals surface area contributed by atoms with Crippen LogP contribution in [0.1, 0.15) is 114 Å². The van der Waals surface area contributed by atoms with E-state index in [0.717, 1.165) is 33.3 Å². The first-order valence-electron chi connectivity index (χ1n) is 16.2. The Morgan fingerprint density at radius 1 is 1.00 bits per heavy atom. The third-order valence-electron chi connectivity index (χ3n) is 9.80. The van der Waals surface area contributed by atoms with Crippen molar-refractivity contribution in [1.82, 2.24) is 25.3 Å². The molecule has 2 aliphatic heterocycles. The lowest BCUT2D eigenvalue weighted by molar-refractivity contribution is -0.139. The molecule has 5 heterocycles. The maximum absolute atomic E-state index is 13.0. The van der Waals surface area contributed by atoms with Crippen LogP contribution in [0.5, 0.6) is 0 Å². The van der Waals surface area contributed by atoms with E-state index >= 15 is 0 Å². The highest BCUT2D eigenvalue weighted by molar-refractivity contribution is 6.03. The maximum Gasteiger partial charge on any atom is 0.338 e. The van der Waals surface area contributed by atoms with Gasteiger partial charge in [0, 0.05) is 51.6 Å². The molecule has 0 aromatic carbocycles. The predicted molar refractivity (Wildman–Crippen MR) is 187 cm³/mol. The Labute approximate surface area is 283 Å². The number of carboxylic acids is 3. The number of allylic oxidation sites excluding steroid dienone is 3. The molecule has 256 valence electrons. The lowest BCUT2D eigenvalue weighted by Gasteiger charge is -2.22. The molecule has 0 saturated heterocycles. The summed E-state index contributed by atoms with van der Waals surface area (Å²) in [5.74, 6) is -4.42. The van der Waals surface area contributed by atoms with Gasteiger partial charge in [-0.15, -0.1) is 0 Å². The number of aromatic amines is 2. The molecule has 49 heavy (non-hydrogen) atoms. The lowest BCUT2D eigenvalue weighted by Crippen LogP contribution is -2.38. The third-order valence-corrected chi connectivity index (χ3v) is 9.80. The molecule has 0 saturated carbocycles. The van der Waals surface area contributed by atoms with Crippen LogP contribution in [0.15, 0.2) is 30.9 Å². The molecule has 5 rings (SSSR count). The minimum absolute atomic E-state index is 0.0880. The number of H-pyrrole nitrogens is 2. The van der Waals surface area contributed by atoms with E-state index < -0.39 is 35.9 Å². The Bertz CT molecular complexity index is 2100. The zero-order chi connectivity index (χ0) is 35.9. The fourth-order valence-corrected chi connectivity index (χ4v) is 6.99. The number of rotatable bonds is 11. The molecule has 1 unspecified atom stereocenters. The molecule has 0 fully saturated rings. The largest absolute Gasteiger partial charge is 0.481 e. The van der Waals surface area contributed by atoms with Gasteiger partial charge in [-0.05, 0) is 81.0 Å². The van der Waals surface area contributed by atoms with Crippen molar-refractivity contribution in [3.05, 3.63) is 81.4 Å². The number of nitrogens with one attached hydrogen (secondary N) is 3. The van der Waals surface area contributed by atoms with E-state index in [0.29, 0.717) is 46.6 Å². The van der Waals surface area contributed by atoms with Gasteiger partial charge in [-0.2, -0.15) is 0 Å². The number of carbonyl (C=O) groups is 4. The molecule has 0 spiro atoms. The smallest absolute Gasteiger partial charge is 0.338 e. The van der Waals surface area contributed by atoms with Gasteiger partial charge in [-0.25, -0.2) is 9.78 Å². The van der Waals surface area contributed by atoms with Crippen LogP contribution in [0.2, 0.25) is 0 Å². The average Bonchev–Trinajstić information content (AvgIpc) is 3.72. The highest BCUT2D eigenvalue weighted by Crippen LogP contribution is 2.44. The summed E-state index contributed by atoms with van der Waals surface area (Å²) in [6.07, 6.45) is 2.88. The first-order chi connectivity index (χ1) is 23.2. The van der Waals surface area contributed by atoms with Gasteiger partial charge in [0.05, 0.1) is 34.2 Å². The van der Waals surface area contributed by atoms with Crippen LogP contribution in [0.25, 0.3) is 33.2 Å². The molecule has 4 atom stereocenters. The molecular formula is C37H41N5O7. The van der Waals surface area contributed by atoms with Crippen LogP contribution in [0.3, 0.4) is 0 Å². The van der Waals surface area contributed by atoms with Crippen LogP contribution in [-0.4, -0.2) is 65.5 Å². The number of fused-ring (bicyclic) bond motifs is 8. The van der Waals surface area contributed by atoms with Crippen molar-refractivity contribution in [2.45, 2.75) is 84.7 Å². The molecule has 6 N–H and O–H groups in total. The number of aldehydes is 1. The second-order valence-corrected chi connectivity index (χ2v) is 12.7. The van der Waals surface area contributed by atoms with E-state index in [1.54, 1.807) is 13.0 Å². The van der Waals surface area contributed by atoms with Crippen molar-refractivity contribution in [3.8, 4) is 0 Å². The number of hydrogen-bond acceptors (Lipinski definition) is 7. The monoisotopic (exact) mass is 667 g/mol. The van der Waals surface area contributed by atoms with Crippen LogP contribution in [0, 0.1) is 13.8 Å². The van der Waals surface area contributed by atoms with Crippen molar-refractivity contribution in [2.24, 2.45) is 0 Å². The second-order valence-electron chi connectivity index (χ2n) is 12.7. The number of aromatic nitrogens is 4. The second kappa shape index (κ2) is 13.6. The van der Waals surface area contributed by atoms with Gasteiger partial charge < -0.3 is 30.1 Å². The van der Waals surface area contributed by atoms with Crippen molar-refractivity contribution >= 4 is 57.4 Å². The Kier molecular flexibility index (Phi) is 9.73. The summed E-state index contributed by atoms with van der Waals surface area (Å²) in [7, 11) is 0. The highest BCUT2D eigenvalue weighted by Gasteiger charge is 2.36. The van der Waals surface area contributed by atoms with Gasteiger partial charge >= 0.3 is 17.9 Å². The SMILES string of the molecule is C=CC1=C(C)c2cc3nc(c(C(C=O)N[C@@H](C)C(=O)O)c4[nH]c(cc5[nH]c(cc1n2)c(C)c5CC)c(C)c4C(=O)O)[C@@H](CCC(=O)O)[C@@H]3C. The van der Waals surface area contributed by atoms with E-state index in [-0.39, 0.29) is 35.4 Å². The Hall–Kier alpha value is -5.36. The molecule has 8 bridgehead atoms. The summed E-state index contributed by atoms with van der Waals surface area (Å²) in [5.41, 5.74) is 8.54. The fourth-order valence-electron chi connectivity index (χ4n) is 6.99. The number of aromatic carboxylic acids is 1. The Balaban J connectivity index is 2.07. The van der Waals surface area contributed by atoms with E-state index in [2.05, 4.69) is 21.9 Å². The summed E-state index contributed by atoms with van der Waals surface area (Å²) in [6, 6.07) is 3.12. The van der Waals surface area contributed by atoms with Crippen molar-refractivity contribution < 1.29 is 34.5 Å². The molecule has 0 aliphatic carbocycles. The topological polar surface area (TPSA) is 198 Å². The van der Waals surface area contributed by atoms with E-state index in [1.807, 2.05) is 45.9 Å². The van der Waals surface area contributed by atoms with Crippen molar-refractivity contribution in [2.75, 3.05) is 0 Å². The molecule has 0 amide bonds. The van der Waals surface area contributed by atoms with Gasteiger partial charge in [0.1, 0.15) is 12.3 Å². The number of carboxylic acid groups (broad SMARTS) is 3. The number of nitrogens with zero attached hydrogens (tertiary/aromatic N) is 2. The molecule has 2 aliphatic rings. The Morgan fingerprint density at radius 2 is 1.69 bits per heavy atom. The van der Waals surface area contributed by atoms with Crippen molar-refractivity contribution in [1.29, 1.82) is 0 Å². The third kappa shape index (κ3) is 6.31. The summed E-state index contributed by atoms with van der Waals surface area (Å²) in [4.78, 5) is 66.4. The average molecular weight is 668 g/mol. The van der Waals surface area contributed by atoms with Crippen LogP contribution < -0.4 is 5.32 Å². The van der Waals surface area contributed by atoms with Crippen molar-refractivity contribution in [3.63, 3.8) is 0 Å². The normalized spacial score (nSPS) is 17.1. The van der Waals surface area contributed by atoms with Gasteiger partial charge in [-0.3, -0.25) is 19.9 Å². The summed E-state index contributed by atoms with van der Waals surface area (Å²) in [6.45, 7) is 15.0. The van der Waals surface area contributed by atoms with Crippen LogP contribution in [0.4, 0.5) is 0 Å². The number of hydrogen-bond donors (Lipinski definition) is 6. The van der Waals surface area contributed by atoms with Gasteiger partial charge in [0.2, 0.25) is 0 Å². The first kappa shape index (κ1) is 35.0. The van der Waals surface area contributed by atoms with Gasteiger partial charge in [0.25, 0.3) is 0 Å². The number of aliphatic carboxylic acids is 2. The predicted octanol–water partition coefficient (Wildman–Crippen LogP) is 6.36. The molecular weight excluding hydrogens is 626 g/mol. The van der Waals surface area contributed by atoms with Gasteiger partial charge in [0.15, 0.2) is 0 Å². The molecule has 3 aromatic heterocycles. The quantitative estimate of drug-likeness (QED) is 0.125. The molecule has 12 nitrogen and oxygen atoms in total. The summed E-state index contributed by atoms with van der Waals surface area (Å²) >= 11 is 0. The minimum Gasteiger partial charge on any atom is -0.481 e.